The minimum Gasteiger partial charge on any atom is -0.348 e. The van der Waals surface area contributed by atoms with Crippen molar-refractivity contribution in [2.45, 2.75) is 18.4 Å². The Bertz CT molecular complexity index is 240. The molecule has 3 unspecified atom stereocenters. The second kappa shape index (κ2) is 1.85. The van der Waals surface area contributed by atoms with Crippen LogP contribution in [0.15, 0.2) is 12.5 Å². The fourth-order valence-electron chi connectivity index (χ4n) is 2.40. The predicted octanol–water partition coefficient (Wildman–Crippen LogP) is 0.485. The van der Waals surface area contributed by atoms with Gasteiger partial charge in [-0.1, -0.05) is 0 Å². The first-order chi connectivity index (χ1) is 5.45. The van der Waals surface area contributed by atoms with Gasteiger partial charge in [0.1, 0.15) is 0 Å². The summed E-state index contributed by atoms with van der Waals surface area (Å²) in [6, 6.07) is 0.737. The molecule has 3 heterocycles. The lowest BCUT2D eigenvalue weighted by molar-refractivity contribution is 0.298. The Balaban J connectivity index is 1.92. The van der Waals surface area contributed by atoms with Crippen molar-refractivity contribution in [2.75, 3.05) is 6.54 Å². The van der Waals surface area contributed by atoms with E-state index in [1.807, 2.05) is 6.20 Å². The maximum absolute atomic E-state index is 4.04. The van der Waals surface area contributed by atoms with Crippen molar-refractivity contribution < 1.29 is 0 Å². The van der Waals surface area contributed by atoms with Crippen LogP contribution < -0.4 is 5.32 Å². The largest absolute Gasteiger partial charge is 0.348 e. The van der Waals surface area contributed by atoms with E-state index in [2.05, 4.69) is 15.3 Å². The fourth-order valence-corrected chi connectivity index (χ4v) is 2.40. The number of imidazole rings is 1. The maximum atomic E-state index is 4.04. The van der Waals surface area contributed by atoms with E-state index in [-0.39, 0.29) is 0 Å². The molecule has 3 atom stereocenters. The predicted molar refractivity (Wildman–Crippen MR) is 41.2 cm³/mol. The highest BCUT2D eigenvalue weighted by Crippen LogP contribution is 2.46. The zero-order chi connectivity index (χ0) is 7.26. The zero-order valence-electron chi connectivity index (χ0n) is 6.25. The Hall–Kier alpha value is -0.830. The van der Waals surface area contributed by atoms with Gasteiger partial charge in [-0.05, 0) is 18.9 Å². The van der Waals surface area contributed by atoms with Crippen LogP contribution in [0.2, 0.25) is 0 Å². The first kappa shape index (κ1) is 5.77. The molecule has 3 aliphatic rings. The second-order valence-electron chi connectivity index (χ2n) is 3.54. The Morgan fingerprint density at radius 2 is 2.55 bits per heavy atom. The van der Waals surface area contributed by atoms with Crippen LogP contribution in [0.1, 0.15) is 18.0 Å². The molecule has 3 nitrogen and oxygen atoms in total. The van der Waals surface area contributed by atoms with Crippen molar-refractivity contribution in [3.63, 3.8) is 0 Å². The average molecular weight is 149 g/mol. The Labute approximate surface area is 65.2 Å². The molecular weight excluding hydrogens is 138 g/mol. The van der Waals surface area contributed by atoms with Crippen molar-refractivity contribution in [1.29, 1.82) is 0 Å². The van der Waals surface area contributed by atoms with Crippen molar-refractivity contribution >= 4 is 0 Å². The summed E-state index contributed by atoms with van der Waals surface area (Å²) >= 11 is 0. The summed E-state index contributed by atoms with van der Waals surface area (Å²) in [6.45, 7) is 1.20. The standard InChI is InChI=1S/C8H11N3/c1-5-2-10-6(1)8(5)7-3-9-4-11-7/h3-6,8,10H,1-2H2,(H,9,11). The van der Waals surface area contributed by atoms with E-state index in [1.54, 1.807) is 6.33 Å². The molecule has 1 aromatic rings. The molecular formula is C8H11N3. The molecule has 0 spiro atoms. The summed E-state index contributed by atoms with van der Waals surface area (Å²) in [4.78, 5) is 7.23. The third-order valence-corrected chi connectivity index (χ3v) is 3.02. The number of nitrogens with zero attached hydrogens (tertiary/aromatic N) is 1. The van der Waals surface area contributed by atoms with Gasteiger partial charge < -0.3 is 10.3 Å². The smallest absolute Gasteiger partial charge is 0.0921 e. The van der Waals surface area contributed by atoms with E-state index in [0.29, 0.717) is 0 Å². The molecule has 3 fully saturated rings. The molecule has 4 rings (SSSR count). The fraction of sp³-hybridized carbons (Fsp3) is 0.625. The van der Waals surface area contributed by atoms with Gasteiger partial charge in [-0.15, -0.1) is 0 Å². The Morgan fingerprint density at radius 1 is 1.55 bits per heavy atom. The molecule has 0 radical (unpaired) electrons. The quantitative estimate of drug-likeness (QED) is 0.610. The minimum atomic E-state index is 0.734. The van der Waals surface area contributed by atoms with Crippen LogP contribution >= 0.6 is 0 Å². The van der Waals surface area contributed by atoms with Gasteiger partial charge in [0.05, 0.1) is 6.33 Å². The SMILES string of the molecule is c1ncc(C2C3CNC2C3)[nH]1. The highest BCUT2D eigenvalue weighted by Gasteiger charge is 2.47. The molecule has 2 saturated heterocycles. The number of hydrogen-bond donors (Lipinski definition) is 2. The lowest BCUT2D eigenvalue weighted by Gasteiger charge is -2.33. The number of H-pyrrole nitrogens is 1. The molecule has 1 aliphatic carbocycles. The van der Waals surface area contributed by atoms with E-state index in [9.17, 15) is 0 Å². The monoisotopic (exact) mass is 149 g/mol. The molecule has 2 N–H and O–H groups in total. The zero-order valence-corrected chi connectivity index (χ0v) is 6.25. The molecule has 1 aromatic heterocycles. The van der Waals surface area contributed by atoms with Gasteiger partial charge in [0.25, 0.3) is 0 Å². The third-order valence-electron chi connectivity index (χ3n) is 3.02. The first-order valence-electron chi connectivity index (χ1n) is 4.17. The highest BCUT2D eigenvalue weighted by molar-refractivity contribution is 5.20. The van der Waals surface area contributed by atoms with Crippen molar-refractivity contribution in [1.82, 2.24) is 15.3 Å². The third kappa shape index (κ3) is 0.639. The van der Waals surface area contributed by atoms with E-state index in [1.165, 1.54) is 18.7 Å². The lowest BCUT2D eigenvalue weighted by atomic mass is 9.72. The number of nitrogens with one attached hydrogen (secondary N) is 2. The molecule has 2 aliphatic heterocycles. The van der Waals surface area contributed by atoms with Gasteiger partial charge in [0, 0.05) is 23.9 Å². The van der Waals surface area contributed by atoms with Crippen molar-refractivity contribution in [3.05, 3.63) is 18.2 Å². The van der Waals surface area contributed by atoms with Gasteiger partial charge in [-0.2, -0.15) is 0 Å². The van der Waals surface area contributed by atoms with E-state index < -0.39 is 0 Å². The van der Waals surface area contributed by atoms with E-state index in [4.69, 9.17) is 0 Å². The molecule has 58 valence electrons. The highest BCUT2D eigenvalue weighted by atomic mass is 15.0. The molecule has 11 heavy (non-hydrogen) atoms. The minimum absolute atomic E-state index is 0.734. The number of rotatable bonds is 1. The van der Waals surface area contributed by atoms with Crippen LogP contribution in [0.3, 0.4) is 0 Å². The van der Waals surface area contributed by atoms with Crippen LogP contribution in [0.4, 0.5) is 0 Å². The Morgan fingerprint density at radius 3 is 3.09 bits per heavy atom. The van der Waals surface area contributed by atoms with Gasteiger partial charge in [-0.3, -0.25) is 0 Å². The maximum Gasteiger partial charge on any atom is 0.0921 e. The summed E-state index contributed by atoms with van der Waals surface area (Å²) in [5.41, 5.74) is 1.32. The molecule has 0 aromatic carbocycles. The second-order valence-corrected chi connectivity index (χ2v) is 3.54. The lowest BCUT2D eigenvalue weighted by Crippen LogP contribution is -2.34. The van der Waals surface area contributed by atoms with Crippen molar-refractivity contribution in [3.8, 4) is 0 Å². The summed E-state index contributed by atoms with van der Waals surface area (Å²) in [5.74, 6) is 1.61. The summed E-state index contributed by atoms with van der Waals surface area (Å²) in [6.07, 6.45) is 5.09. The number of aromatic nitrogens is 2. The molecule has 1 saturated carbocycles. The van der Waals surface area contributed by atoms with Gasteiger partial charge in [-0.25, -0.2) is 4.98 Å². The normalized spacial score (nSPS) is 40.5. The van der Waals surface area contributed by atoms with E-state index >= 15 is 0 Å². The summed E-state index contributed by atoms with van der Waals surface area (Å²) in [5, 5.41) is 3.48. The van der Waals surface area contributed by atoms with Crippen LogP contribution in [0, 0.1) is 5.92 Å². The Kier molecular flexibility index (Phi) is 0.973. The topological polar surface area (TPSA) is 40.7 Å². The van der Waals surface area contributed by atoms with Crippen LogP contribution in [-0.2, 0) is 0 Å². The number of fused-ring (bicyclic) bond motifs is 1. The van der Waals surface area contributed by atoms with Crippen molar-refractivity contribution in [2.24, 2.45) is 5.92 Å². The molecule has 0 amide bonds. The van der Waals surface area contributed by atoms with Crippen LogP contribution in [-0.4, -0.2) is 22.6 Å². The van der Waals surface area contributed by atoms with Gasteiger partial charge >= 0.3 is 0 Å². The number of hydrogen-bond acceptors (Lipinski definition) is 2. The molecule has 3 heteroatoms. The number of aromatic amines is 1. The van der Waals surface area contributed by atoms with Gasteiger partial charge in [0.15, 0.2) is 0 Å². The van der Waals surface area contributed by atoms with Crippen LogP contribution in [0.5, 0.6) is 0 Å². The van der Waals surface area contributed by atoms with Crippen LogP contribution in [0.25, 0.3) is 0 Å². The van der Waals surface area contributed by atoms with Gasteiger partial charge in [0.2, 0.25) is 0 Å². The first-order valence-corrected chi connectivity index (χ1v) is 4.17. The van der Waals surface area contributed by atoms with E-state index in [0.717, 1.165) is 17.9 Å². The summed E-state index contributed by atoms with van der Waals surface area (Å²) in [7, 11) is 0. The summed E-state index contributed by atoms with van der Waals surface area (Å²) < 4.78 is 0. The molecule has 2 bridgehead atoms. The average Bonchev–Trinajstić information content (AvgIpc) is 2.59.